The molecule has 38 heavy (non-hydrogen) atoms. The van der Waals surface area contributed by atoms with Gasteiger partial charge in [0, 0.05) is 6.42 Å². The Hall–Kier alpha value is -1.95. The first-order valence-corrected chi connectivity index (χ1v) is 14.8. The van der Waals surface area contributed by atoms with Crippen molar-refractivity contribution in [3.8, 4) is 0 Å². The zero-order chi connectivity index (χ0) is 27.3. The first kappa shape index (κ1) is 27.6. The molecule has 0 bridgehead atoms. The number of hydrogen-bond acceptors (Lipinski definition) is 5. The molecule has 4 aliphatic carbocycles. The van der Waals surface area contributed by atoms with Crippen molar-refractivity contribution in [2.24, 2.45) is 22.7 Å². The van der Waals surface area contributed by atoms with Gasteiger partial charge in [0.1, 0.15) is 6.26 Å². The van der Waals surface area contributed by atoms with E-state index in [1.807, 2.05) is 6.08 Å². The van der Waals surface area contributed by atoms with Gasteiger partial charge in [0.25, 0.3) is 0 Å². The summed E-state index contributed by atoms with van der Waals surface area (Å²) < 4.78 is 5.77. The highest BCUT2D eigenvalue weighted by Gasteiger charge is 2.55. The topological polar surface area (TPSA) is 86.7 Å². The Kier molecular flexibility index (Phi) is 7.43. The zero-order valence-corrected chi connectivity index (χ0v) is 23.7. The van der Waals surface area contributed by atoms with Crippen LogP contribution in [-0.4, -0.2) is 38.6 Å². The van der Waals surface area contributed by atoms with Crippen LogP contribution in [0.1, 0.15) is 97.1 Å². The average molecular weight is 522 g/mol. The number of nitrogens with zero attached hydrogens (tertiary/aromatic N) is 1. The normalized spacial score (nSPS) is 36.2. The molecule has 1 aromatic rings. The second kappa shape index (κ2) is 10.2. The second-order valence-electron chi connectivity index (χ2n) is 13.4. The Morgan fingerprint density at radius 2 is 1.97 bits per heavy atom. The molecule has 4 fully saturated rings. The summed E-state index contributed by atoms with van der Waals surface area (Å²) in [5, 5.41) is 31.6. The van der Waals surface area contributed by atoms with Crippen molar-refractivity contribution >= 4 is 0 Å². The highest BCUT2D eigenvalue weighted by molar-refractivity contribution is 5.39. The van der Waals surface area contributed by atoms with Crippen molar-refractivity contribution in [2.45, 2.75) is 116 Å². The predicted octanol–water partition coefficient (Wildman–Crippen LogP) is 6.35. The van der Waals surface area contributed by atoms with Gasteiger partial charge in [0.05, 0.1) is 29.4 Å². The van der Waals surface area contributed by atoms with E-state index < -0.39 is 18.3 Å². The molecule has 0 aromatic carbocycles. The van der Waals surface area contributed by atoms with Crippen LogP contribution in [0.15, 0.2) is 58.3 Å². The van der Waals surface area contributed by atoms with Crippen molar-refractivity contribution in [2.75, 3.05) is 0 Å². The number of aromatic nitrogens is 1. The maximum atomic E-state index is 11.2. The summed E-state index contributed by atoms with van der Waals surface area (Å²) in [4.78, 5) is 4.64. The lowest BCUT2D eigenvalue weighted by Gasteiger charge is -2.47. The van der Waals surface area contributed by atoms with Crippen LogP contribution in [0.4, 0.5) is 0 Å². The van der Waals surface area contributed by atoms with Crippen LogP contribution in [0, 0.1) is 22.7 Å². The molecule has 0 amide bonds. The monoisotopic (exact) mass is 521 g/mol. The molecule has 0 spiro atoms. The molecule has 208 valence electrons. The van der Waals surface area contributed by atoms with Crippen LogP contribution in [-0.2, 0) is 11.8 Å². The molecule has 0 radical (unpaired) electrons. The predicted molar refractivity (Wildman–Crippen MR) is 150 cm³/mol. The summed E-state index contributed by atoms with van der Waals surface area (Å²) in [7, 11) is 0. The van der Waals surface area contributed by atoms with Crippen molar-refractivity contribution in [1.82, 2.24) is 4.98 Å². The Bertz CT molecular complexity index is 1140. The summed E-state index contributed by atoms with van der Waals surface area (Å²) in [6.07, 6.45) is 18.2. The maximum absolute atomic E-state index is 11.2. The quantitative estimate of drug-likeness (QED) is 0.364. The maximum Gasteiger partial charge on any atom is 0.203 e. The number of aryl methyl sites for hydroxylation is 1. The molecular weight excluding hydrogens is 474 g/mol. The zero-order valence-electron chi connectivity index (χ0n) is 23.7. The van der Waals surface area contributed by atoms with Gasteiger partial charge >= 0.3 is 0 Å². The highest BCUT2D eigenvalue weighted by Crippen LogP contribution is 2.62. The van der Waals surface area contributed by atoms with Crippen LogP contribution >= 0.6 is 0 Å². The van der Waals surface area contributed by atoms with Gasteiger partial charge in [-0.25, -0.2) is 4.98 Å². The molecule has 0 aliphatic heterocycles. The van der Waals surface area contributed by atoms with E-state index in [2.05, 4.69) is 57.5 Å². The van der Waals surface area contributed by atoms with Crippen molar-refractivity contribution in [1.29, 1.82) is 0 Å². The Labute approximate surface area is 228 Å². The number of aliphatic hydroxyl groups is 3. The summed E-state index contributed by atoms with van der Waals surface area (Å²) in [5.41, 5.74) is 3.99. The standard InChI is InChI=1S/C33H47NO4/c1-6-24-20-38-30(34-24)33(16-17-33)29(37)13-15-31(3,4)28-12-11-26-22(8-7-14-32(26,28)5)9-10-23-18-25(35)19-27(36)21(23)2/h9-10,13,15,20,25-29,35-37H,2,6-8,11-12,14,16-19H2,1,3-5H3/b15-13+,22-9+,23-10-/t25-,26+,27+,28-,29-,32+/m1/s1. The largest absolute Gasteiger partial charge is 0.448 e. The summed E-state index contributed by atoms with van der Waals surface area (Å²) >= 11 is 0. The minimum absolute atomic E-state index is 0.0431. The van der Waals surface area contributed by atoms with E-state index >= 15 is 0 Å². The molecule has 5 heteroatoms. The van der Waals surface area contributed by atoms with Gasteiger partial charge in [0.2, 0.25) is 5.89 Å². The summed E-state index contributed by atoms with van der Waals surface area (Å²) in [6.45, 7) is 13.3. The average Bonchev–Trinajstić information content (AvgIpc) is 3.38. The Morgan fingerprint density at radius 3 is 2.66 bits per heavy atom. The highest BCUT2D eigenvalue weighted by atomic mass is 16.3. The number of aliphatic hydroxyl groups excluding tert-OH is 3. The third-order valence-electron chi connectivity index (χ3n) is 10.5. The first-order valence-electron chi connectivity index (χ1n) is 14.8. The van der Waals surface area contributed by atoms with E-state index in [9.17, 15) is 15.3 Å². The van der Waals surface area contributed by atoms with Gasteiger partial charge in [-0.1, -0.05) is 64.2 Å². The number of oxazole rings is 1. The fourth-order valence-electron chi connectivity index (χ4n) is 8.04. The molecule has 5 rings (SSSR count). The SMILES string of the molecule is C=C1/C(=C\C=C2/CCC[C@]3(C)[C@@H](C(C)(C)/C=C/[C@@H](O)C4(c5nc(CC)co5)CC4)CC[C@@H]23)C[C@@H](O)C[C@@H]1O. The van der Waals surface area contributed by atoms with Crippen LogP contribution in [0.25, 0.3) is 0 Å². The minimum atomic E-state index is -0.647. The third kappa shape index (κ3) is 4.91. The molecule has 4 aliphatic rings. The number of allylic oxidation sites excluding steroid dienone is 4. The van der Waals surface area contributed by atoms with Gasteiger partial charge in [0.15, 0.2) is 0 Å². The van der Waals surface area contributed by atoms with Crippen LogP contribution < -0.4 is 0 Å². The molecule has 5 nitrogen and oxygen atoms in total. The number of rotatable bonds is 7. The third-order valence-corrected chi connectivity index (χ3v) is 10.5. The summed E-state index contributed by atoms with van der Waals surface area (Å²) in [6, 6.07) is 0. The van der Waals surface area contributed by atoms with Crippen LogP contribution in [0.2, 0.25) is 0 Å². The molecule has 0 unspecified atom stereocenters. The van der Waals surface area contributed by atoms with Gasteiger partial charge in [-0.3, -0.25) is 0 Å². The smallest absolute Gasteiger partial charge is 0.203 e. The van der Waals surface area contributed by atoms with Crippen molar-refractivity contribution in [3.05, 3.63) is 65.5 Å². The van der Waals surface area contributed by atoms with E-state index in [-0.39, 0.29) is 16.2 Å². The Morgan fingerprint density at radius 1 is 1.21 bits per heavy atom. The molecular formula is C33H47NO4. The van der Waals surface area contributed by atoms with Gasteiger partial charge in [-0.05, 0) is 91.6 Å². The molecule has 3 N–H and O–H groups in total. The van der Waals surface area contributed by atoms with E-state index in [0.29, 0.717) is 30.6 Å². The molecule has 0 saturated heterocycles. The van der Waals surface area contributed by atoms with Crippen LogP contribution in [0.3, 0.4) is 0 Å². The molecule has 1 aromatic heterocycles. The molecule has 6 atom stereocenters. The molecule has 1 heterocycles. The number of fused-ring (bicyclic) bond motifs is 1. The first-order chi connectivity index (χ1) is 18.0. The van der Waals surface area contributed by atoms with Gasteiger partial charge in [-0.2, -0.15) is 0 Å². The van der Waals surface area contributed by atoms with Crippen molar-refractivity contribution < 1.29 is 19.7 Å². The lowest BCUT2D eigenvalue weighted by atomic mass is 9.57. The number of hydrogen-bond donors (Lipinski definition) is 3. The van der Waals surface area contributed by atoms with Crippen molar-refractivity contribution in [3.63, 3.8) is 0 Å². The van der Waals surface area contributed by atoms with E-state index in [4.69, 9.17) is 4.42 Å². The lowest BCUT2D eigenvalue weighted by Crippen LogP contribution is -2.39. The molecule has 4 saturated carbocycles. The van der Waals surface area contributed by atoms with Gasteiger partial charge in [-0.15, -0.1) is 0 Å². The second-order valence-corrected chi connectivity index (χ2v) is 13.4. The van der Waals surface area contributed by atoms with E-state index in [1.165, 1.54) is 31.3 Å². The van der Waals surface area contributed by atoms with Gasteiger partial charge < -0.3 is 19.7 Å². The van der Waals surface area contributed by atoms with Crippen LogP contribution in [0.5, 0.6) is 0 Å². The fraction of sp³-hybridized carbons (Fsp3) is 0.667. The minimum Gasteiger partial charge on any atom is -0.448 e. The van der Waals surface area contributed by atoms with E-state index in [1.54, 1.807) is 6.26 Å². The lowest BCUT2D eigenvalue weighted by molar-refractivity contribution is 0.0705. The fourth-order valence-corrected chi connectivity index (χ4v) is 8.04. The summed E-state index contributed by atoms with van der Waals surface area (Å²) in [5.74, 6) is 1.75. The van der Waals surface area contributed by atoms with E-state index in [0.717, 1.165) is 42.5 Å². The Balaban J connectivity index is 1.32.